The van der Waals surface area contributed by atoms with E-state index < -0.39 is 17.0 Å². The van der Waals surface area contributed by atoms with Crippen LogP contribution in [0, 0.1) is 0 Å². The fourth-order valence-corrected chi connectivity index (χ4v) is 1.89. The molecule has 0 unspecified atom stereocenters. The van der Waals surface area contributed by atoms with E-state index in [4.69, 9.17) is 11.6 Å². The first-order valence-electron chi connectivity index (χ1n) is 4.83. The van der Waals surface area contributed by atoms with Gasteiger partial charge in [-0.1, -0.05) is 11.6 Å². The van der Waals surface area contributed by atoms with Crippen molar-refractivity contribution in [3.8, 4) is 0 Å². The highest BCUT2D eigenvalue weighted by atomic mass is 35.5. The van der Waals surface area contributed by atoms with Crippen molar-refractivity contribution in [2.45, 2.75) is 19.0 Å². The first kappa shape index (κ1) is 11.4. The number of alkyl halides is 3. The van der Waals surface area contributed by atoms with Gasteiger partial charge >= 0.3 is 6.18 Å². The zero-order valence-corrected chi connectivity index (χ0v) is 9.02. The molecule has 1 aromatic heterocycles. The number of aromatic nitrogens is 2. The predicted octanol–water partition coefficient (Wildman–Crippen LogP) is 2.75. The zero-order chi connectivity index (χ0) is 11.8. The van der Waals surface area contributed by atoms with Crippen molar-refractivity contribution in [3.63, 3.8) is 0 Å². The summed E-state index contributed by atoms with van der Waals surface area (Å²) in [4.78, 5) is 8.94. The van der Waals surface area contributed by atoms with Gasteiger partial charge in [0.2, 0.25) is 0 Å². The van der Waals surface area contributed by atoms with Crippen molar-refractivity contribution in [2.24, 2.45) is 0 Å². The molecular weight excluding hydrogens is 243 g/mol. The van der Waals surface area contributed by atoms with Gasteiger partial charge in [0.15, 0.2) is 10.8 Å². The number of hydrogen-bond donors (Lipinski definition) is 0. The van der Waals surface area contributed by atoms with Crippen molar-refractivity contribution in [2.75, 3.05) is 18.0 Å². The van der Waals surface area contributed by atoms with Crippen LogP contribution in [0.4, 0.5) is 19.0 Å². The third kappa shape index (κ3) is 2.21. The molecule has 1 saturated heterocycles. The maximum Gasteiger partial charge on any atom is 0.436 e. The van der Waals surface area contributed by atoms with E-state index in [-0.39, 0.29) is 0 Å². The lowest BCUT2D eigenvalue weighted by molar-refractivity contribution is -0.141. The van der Waals surface area contributed by atoms with Crippen molar-refractivity contribution < 1.29 is 13.2 Å². The number of rotatable bonds is 1. The minimum absolute atomic E-state index is 0.413. The average Bonchev–Trinajstić information content (AvgIpc) is 2.68. The summed E-state index contributed by atoms with van der Waals surface area (Å²) in [6, 6.07) is 0. The molecule has 1 fully saturated rings. The van der Waals surface area contributed by atoms with E-state index in [0.29, 0.717) is 5.82 Å². The molecule has 1 aromatic rings. The first-order valence-corrected chi connectivity index (χ1v) is 5.21. The fourth-order valence-electron chi connectivity index (χ4n) is 1.65. The first-order chi connectivity index (χ1) is 7.48. The summed E-state index contributed by atoms with van der Waals surface area (Å²) in [5, 5.41) is -0.586. The molecule has 0 atom stereocenters. The van der Waals surface area contributed by atoms with Gasteiger partial charge in [0.05, 0.1) is 6.20 Å². The molecule has 2 heterocycles. The Balaban J connectivity index is 2.29. The largest absolute Gasteiger partial charge is 0.436 e. The summed E-state index contributed by atoms with van der Waals surface area (Å²) < 4.78 is 37.1. The molecule has 2 rings (SSSR count). The van der Waals surface area contributed by atoms with Gasteiger partial charge in [-0.2, -0.15) is 13.2 Å². The van der Waals surface area contributed by atoms with Crippen LogP contribution in [0.15, 0.2) is 6.20 Å². The fraction of sp³-hybridized carbons (Fsp3) is 0.556. The molecule has 0 saturated carbocycles. The van der Waals surface area contributed by atoms with Gasteiger partial charge in [-0.3, -0.25) is 0 Å². The third-order valence-corrected chi connectivity index (χ3v) is 2.68. The smallest absolute Gasteiger partial charge is 0.355 e. The van der Waals surface area contributed by atoms with Crippen LogP contribution in [0.25, 0.3) is 0 Å². The summed E-state index contributed by atoms with van der Waals surface area (Å²) in [6.45, 7) is 1.58. The highest BCUT2D eigenvalue weighted by Crippen LogP contribution is 2.33. The van der Waals surface area contributed by atoms with Crippen LogP contribution < -0.4 is 4.90 Å². The van der Waals surface area contributed by atoms with Crippen molar-refractivity contribution in [1.82, 2.24) is 9.97 Å². The minimum Gasteiger partial charge on any atom is -0.355 e. The van der Waals surface area contributed by atoms with Crippen LogP contribution in [0.3, 0.4) is 0 Å². The van der Waals surface area contributed by atoms with Crippen LogP contribution in [-0.4, -0.2) is 23.1 Å². The lowest BCUT2D eigenvalue weighted by atomic mass is 10.4. The second kappa shape index (κ2) is 4.08. The molecule has 0 amide bonds. The molecule has 0 aliphatic carbocycles. The van der Waals surface area contributed by atoms with Crippen LogP contribution >= 0.6 is 11.6 Å². The lowest BCUT2D eigenvalue weighted by Gasteiger charge is -2.16. The van der Waals surface area contributed by atoms with E-state index in [0.717, 1.165) is 32.1 Å². The quantitative estimate of drug-likeness (QED) is 0.769. The average molecular weight is 252 g/mol. The number of hydrogen-bond acceptors (Lipinski definition) is 3. The standard InChI is InChI=1S/C9H9ClF3N3/c10-8-7(9(11,12)13)14-5-6(15-8)16-3-1-2-4-16/h5H,1-4H2. The molecule has 16 heavy (non-hydrogen) atoms. The Morgan fingerprint density at radius 3 is 2.38 bits per heavy atom. The molecule has 0 spiro atoms. The number of halogens is 4. The highest BCUT2D eigenvalue weighted by molar-refractivity contribution is 6.30. The lowest BCUT2D eigenvalue weighted by Crippen LogP contribution is -2.20. The maximum atomic E-state index is 12.4. The summed E-state index contributed by atoms with van der Waals surface area (Å²) in [5.74, 6) is 0.413. The zero-order valence-electron chi connectivity index (χ0n) is 8.26. The Kier molecular flexibility index (Phi) is 2.92. The molecule has 88 valence electrons. The van der Waals surface area contributed by atoms with Crippen LogP contribution in [0.5, 0.6) is 0 Å². The van der Waals surface area contributed by atoms with E-state index in [1.165, 1.54) is 0 Å². The van der Waals surface area contributed by atoms with E-state index >= 15 is 0 Å². The molecule has 1 aliphatic heterocycles. The van der Waals surface area contributed by atoms with Gasteiger partial charge in [-0.05, 0) is 12.8 Å². The monoisotopic (exact) mass is 251 g/mol. The van der Waals surface area contributed by atoms with Gasteiger partial charge in [-0.15, -0.1) is 0 Å². The molecule has 0 aromatic carbocycles. The Labute approximate surface area is 95.2 Å². The molecule has 0 bridgehead atoms. The molecular formula is C9H9ClF3N3. The van der Waals surface area contributed by atoms with E-state index in [1.54, 1.807) is 0 Å². The Morgan fingerprint density at radius 1 is 1.25 bits per heavy atom. The van der Waals surface area contributed by atoms with Gasteiger partial charge in [0.25, 0.3) is 0 Å². The second-order valence-electron chi connectivity index (χ2n) is 3.56. The Bertz CT molecular complexity index is 388. The Hall–Kier alpha value is -1.04. The predicted molar refractivity (Wildman–Crippen MR) is 53.5 cm³/mol. The Morgan fingerprint density at radius 2 is 1.88 bits per heavy atom. The molecule has 7 heteroatoms. The highest BCUT2D eigenvalue weighted by Gasteiger charge is 2.36. The van der Waals surface area contributed by atoms with Gasteiger partial charge in [0, 0.05) is 13.1 Å². The van der Waals surface area contributed by atoms with Gasteiger partial charge in [0.1, 0.15) is 5.82 Å². The van der Waals surface area contributed by atoms with Crippen LogP contribution in [0.2, 0.25) is 5.15 Å². The van der Waals surface area contributed by atoms with E-state index in [2.05, 4.69) is 9.97 Å². The van der Waals surface area contributed by atoms with E-state index in [9.17, 15) is 13.2 Å². The van der Waals surface area contributed by atoms with E-state index in [1.807, 2.05) is 4.90 Å². The summed E-state index contributed by atoms with van der Waals surface area (Å²) in [7, 11) is 0. The third-order valence-electron chi connectivity index (χ3n) is 2.42. The van der Waals surface area contributed by atoms with Crippen molar-refractivity contribution >= 4 is 17.4 Å². The number of anilines is 1. The molecule has 3 nitrogen and oxygen atoms in total. The summed E-state index contributed by atoms with van der Waals surface area (Å²) in [6.07, 6.45) is -1.39. The normalized spacial score (nSPS) is 16.9. The van der Waals surface area contributed by atoms with Crippen molar-refractivity contribution in [3.05, 3.63) is 17.0 Å². The maximum absolute atomic E-state index is 12.4. The van der Waals surface area contributed by atoms with Gasteiger partial charge in [-0.25, -0.2) is 9.97 Å². The van der Waals surface area contributed by atoms with Crippen LogP contribution in [-0.2, 0) is 6.18 Å². The summed E-state index contributed by atoms with van der Waals surface area (Å²) in [5.41, 5.74) is -1.13. The molecule has 0 radical (unpaired) electrons. The van der Waals surface area contributed by atoms with Crippen molar-refractivity contribution in [1.29, 1.82) is 0 Å². The second-order valence-corrected chi connectivity index (χ2v) is 3.92. The molecule has 0 N–H and O–H groups in total. The topological polar surface area (TPSA) is 29.0 Å². The number of nitrogens with zero attached hydrogens (tertiary/aromatic N) is 3. The SMILES string of the molecule is FC(F)(F)c1ncc(N2CCCC2)nc1Cl. The molecule has 1 aliphatic rings. The minimum atomic E-state index is -4.55. The van der Waals surface area contributed by atoms with Crippen LogP contribution in [0.1, 0.15) is 18.5 Å². The van der Waals surface area contributed by atoms with Gasteiger partial charge < -0.3 is 4.90 Å². The summed E-state index contributed by atoms with van der Waals surface area (Å²) >= 11 is 5.47.